The van der Waals surface area contributed by atoms with Gasteiger partial charge in [0.25, 0.3) is 0 Å². The Bertz CT molecular complexity index is 1270. The van der Waals surface area contributed by atoms with Crippen molar-refractivity contribution < 1.29 is 21.6 Å². The van der Waals surface area contributed by atoms with Gasteiger partial charge in [-0.25, -0.2) is 18.1 Å². The molecule has 5 nitrogen and oxygen atoms in total. The first-order valence-corrected chi connectivity index (χ1v) is 11.3. The molecule has 2 unspecified atom stereocenters. The lowest BCUT2D eigenvalue weighted by molar-refractivity contribution is -0.141. The molecule has 0 radical (unpaired) electrons. The van der Waals surface area contributed by atoms with E-state index in [4.69, 9.17) is 23.2 Å². The second-order valence-electron chi connectivity index (χ2n) is 7.00. The maximum atomic E-state index is 13.6. The van der Waals surface area contributed by atoms with E-state index in [1.165, 1.54) is 43.3 Å². The zero-order chi connectivity index (χ0) is 22.6. The predicted octanol–water partition coefficient (Wildman–Crippen LogP) is 5.75. The Labute approximate surface area is 186 Å². The summed E-state index contributed by atoms with van der Waals surface area (Å²) in [5.41, 5.74) is -0.571. The minimum Gasteiger partial charge on any atom is -0.238 e. The number of aromatic nitrogens is 2. The van der Waals surface area contributed by atoms with E-state index in [1.54, 1.807) is 12.1 Å². The van der Waals surface area contributed by atoms with Gasteiger partial charge < -0.3 is 0 Å². The molecule has 1 aliphatic rings. The highest BCUT2D eigenvalue weighted by Crippen LogP contribution is 2.41. The third-order valence-corrected chi connectivity index (χ3v) is 7.65. The van der Waals surface area contributed by atoms with Gasteiger partial charge in [-0.3, -0.25) is 0 Å². The molecule has 162 valence electrons. The average molecular weight is 488 g/mol. The van der Waals surface area contributed by atoms with Crippen molar-refractivity contribution in [1.82, 2.24) is 9.78 Å². The number of fused-ring (bicyclic) bond motifs is 1. The SMILES string of the molecule is CC1=Nc2cc(C(F)(F)F)nn2C(c2ccc(Cl)cc2)C1S(=O)(=O)c1ccc(Cl)cc1. The van der Waals surface area contributed by atoms with Gasteiger partial charge in [-0.15, -0.1) is 0 Å². The van der Waals surface area contributed by atoms with Crippen molar-refractivity contribution in [2.24, 2.45) is 4.99 Å². The van der Waals surface area contributed by atoms with E-state index < -0.39 is 33.0 Å². The summed E-state index contributed by atoms with van der Waals surface area (Å²) in [6.45, 7) is 1.48. The normalized spacial score (nSPS) is 19.1. The smallest absolute Gasteiger partial charge is 0.238 e. The Morgan fingerprint density at radius 2 is 1.52 bits per heavy atom. The van der Waals surface area contributed by atoms with Crippen LogP contribution in [0.2, 0.25) is 10.0 Å². The van der Waals surface area contributed by atoms with Gasteiger partial charge in [0.15, 0.2) is 21.3 Å². The van der Waals surface area contributed by atoms with Crippen LogP contribution in [0.25, 0.3) is 0 Å². The third-order valence-electron chi connectivity index (χ3n) is 4.95. The molecular weight excluding hydrogens is 474 g/mol. The van der Waals surface area contributed by atoms with Crippen molar-refractivity contribution in [2.75, 3.05) is 0 Å². The summed E-state index contributed by atoms with van der Waals surface area (Å²) in [6.07, 6.45) is -4.71. The Morgan fingerprint density at radius 1 is 0.968 bits per heavy atom. The van der Waals surface area contributed by atoms with Crippen LogP contribution in [0, 0.1) is 0 Å². The zero-order valence-electron chi connectivity index (χ0n) is 15.8. The van der Waals surface area contributed by atoms with Crippen molar-refractivity contribution in [3.63, 3.8) is 0 Å². The Balaban J connectivity index is 1.94. The summed E-state index contributed by atoms with van der Waals surface area (Å²) in [5, 5.41) is 3.14. The minimum absolute atomic E-state index is 0.0259. The van der Waals surface area contributed by atoms with Crippen molar-refractivity contribution in [1.29, 1.82) is 0 Å². The number of alkyl halides is 3. The van der Waals surface area contributed by atoms with E-state index in [1.807, 2.05) is 0 Å². The van der Waals surface area contributed by atoms with Gasteiger partial charge in [-0.2, -0.15) is 18.3 Å². The maximum absolute atomic E-state index is 13.6. The average Bonchev–Trinajstić information content (AvgIpc) is 3.12. The Kier molecular flexibility index (Phi) is 5.39. The molecule has 1 aliphatic heterocycles. The standard InChI is InChI=1S/C20H14Cl2F3N3O2S/c1-11-19(31(29,30)15-8-6-14(22)7-9-15)18(12-2-4-13(21)5-3-12)28-17(26-11)10-16(27-28)20(23,24)25/h2-10,18-19H,1H3. The molecule has 0 aliphatic carbocycles. The lowest BCUT2D eigenvalue weighted by Crippen LogP contribution is -2.41. The molecule has 0 fully saturated rings. The Hall–Kier alpha value is -2.36. The number of nitrogens with zero attached hydrogens (tertiary/aromatic N) is 3. The highest BCUT2D eigenvalue weighted by atomic mass is 35.5. The van der Waals surface area contributed by atoms with Crippen molar-refractivity contribution in [3.05, 3.63) is 75.9 Å². The van der Waals surface area contributed by atoms with E-state index in [2.05, 4.69) is 10.1 Å². The van der Waals surface area contributed by atoms with Gasteiger partial charge in [-0.05, 0) is 48.9 Å². The molecule has 4 rings (SSSR count). The summed E-state index contributed by atoms with van der Waals surface area (Å²) in [5.74, 6) is -0.0765. The number of benzene rings is 2. The van der Waals surface area contributed by atoms with Crippen LogP contribution in [0.3, 0.4) is 0 Å². The molecule has 0 bridgehead atoms. The van der Waals surface area contributed by atoms with Gasteiger partial charge in [-0.1, -0.05) is 35.3 Å². The van der Waals surface area contributed by atoms with Gasteiger partial charge in [0.05, 0.1) is 4.90 Å². The summed E-state index contributed by atoms with van der Waals surface area (Å²) in [7, 11) is -4.07. The quantitative estimate of drug-likeness (QED) is 0.472. The predicted molar refractivity (Wildman–Crippen MR) is 112 cm³/mol. The van der Waals surface area contributed by atoms with Crippen molar-refractivity contribution in [3.8, 4) is 0 Å². The molecule has 1 aromatic heterocycles. The van der Waals surface area contributed by atoms with E-state index in [0.717, 1.165) is 10.7 Å². The molecule has 11 heteroatoms. The highest BCUT2D eigenvalue weighted by molar-refractivity contribution is 7.92. The molecule has 2 aromatic carbocycles. The lowest BCUT2D eigenvalue weighted by atomic mass is 10.00. The first-order valence-electron chi connectivity index (χ1n) is 8.95. The lowest BCUT2D eigenvalue weighted by Gasteiger charge is -2.31. The summed E-state index contributed by atoms with van der Waals surface area (Å²) >= 11 is 11.8. The largest absolute Gasteiger partial charge is 0.435 e. The van der Waals surface area contributed by atoms with Crippen molar-refractivity contribution >= 4 is 44.6 Å². The molecule has 0 amide bonds. The number of hydrogen-bond acceptors (Lipinski definition) is 4. The maximum Gasteiger partial charge on any atom is 0.435 e. The van der Waals surface area contributed by atoms with Crippen molar-refractivity contribution in [2.45, 2.75) is 29.3 Å². The molecule has 0 spiro atoms. The fraction of sp³-hybridized carbons (Fsp3) is 0.200. The van der Waals surface area contributed by atoms with Gasteiger partial charge in [0.1, 0.15) is 11.3 Å². The number of sulfone groups is 1. The van der Waals surface area contributed by atoms with Crippen LogP contribution in [0.5, 0.6) is 0 Å². The van der Waals surface area contributed by atoms with Gasteiger partial charge in [0, 0.05) is 21.8 Å². The third kappa shape index (κ3) is 3.97. The number of rotatable bonds is 3. The number of hydrogen-bond donors (Lipinski definition) is 0. The van der Waals surface area contributed by atoms with Crippen LogP contribution in [-0.4, -0.2) is 29.2 Å². The second-order valence-corrected chi connectivity index (χ2v) is 9.94. The summed E-state index contributed by atoms with van der Waals surface area (Å²) in [4.78, 5) is 4.12. The fourth-order valence-electron chi connectivity index (χ4n) is 3.55. The van der Waals surface area contributed by atoms with E-state index in [-0.39, 0.29) is 16.4 Å². The van der Waals surface area contributed by atoms with E-state index >= 15 is 0 Å². The highest BCUT2D eigenvalue weighted by Gasteiger charge is 2.45. The zero-order valence-corrected chi connectivity index (χ0v) is 18.1. The van der Waals surface area contributed by atoms with E-state index in [9.17, 15) is 21.6 Å². The molecule has 0 saturated carbocycles. The topological polar surface area (TPSA) is 64.3 Å². The van der Waals surface area contributed by atoms with Crippen LogP contribution in [0.1, 0.15) is 24.2 Å². The number of halogens is 5. The minimum atomic E-state index is -4.71. The van der Waals surface area contributed by atoms with Gasteiger partial charge in [0.2, 0.25) is 0 Å². The fourth-order valence-corrected chi connectivity index (χ4v) is 5.73. The molecule has 0 N–H and O–H groups in total. The van der Waals surface area contributed by atoms with Crippen LogP contribution in [-0.2, 0) is 16.0 Å². The molecule has 0 saturated heterocycles. The van der Waals surface area contributed by atoms with Crippen LogP contribution >= 0.6 is 23.2 Å². The molecule has 2 atom stereocenters. The molecule has 3 aromatic rings. The summed E-state index contributed by atoms with van der Waals surface area (Å²) < 4.78 is 68.1. The summed E-state index contributed by atoms with van der Waals surface area (Å²) in [6, 6.07) is 11.5. The first-order chi connectivity index (χ1) is 14.5. The molecular formula is C20H14Cl2F3N3O2S. The number of aliphatic imine (C=N–C) groups is 1. The molecule has 31 heavy (non-hydrogen) atoms. The first kappa shape index (κ1) is 21.9. The second kappa shape index (κ2) is 7.65. The monoisotopic (exact) mass is 487 g/mol. The van der Waals surface area contributed by atoms with E-state index in [0.29, 0.717) is 15.6 Å². The van der Waals surface area contributed by atoms with Gasteiger partial charge >= 0.3 is 6.18 Å². The molecule has 2 heterocycles. The van der Waals surface area contributed by atoms with Crippen LogP contribution < -0.4 is 0 Å². The Morgan fingerprint density at radius 3 is 2.06 bits per heavy atom. The van der Waals surface area contributed by atoms with Crippen LogP contribution in [0.15, 0.2) is 64.5 Å². The van der Waals surface area contributed by atoms with Crippen LogP contribution in [0.4, 0.5) is 19.0 Å².